The fourth-order valence-electron chi connectivity index (χ4n) is 3.75. The summed E-state index contributed by atoms with van der Waals surface area (Å²) >= 11 is 0. The van der Waals surface area contributed by atoms with Crippen LogP contribution in [0.25, 0.3) is 0 Å². The van der Waals surface area contributed by atoms with Crippen LogP contribution in [0.5, 0.6) is 11.5 Å². The zero-order valence-electron chi connectivity index (χ0n) is 14.8. The third-order valence-electron chi connectivity index (χ3n) is 5.18. The molecule has 0 spiro atoms. The molecule has 2 heterocycles. The van der Waals surface area contributed by atoms with Gasteiger partial charge in [-0.25, -0.2) is 0 Å². The van der Waals surface area contributed by atoms with E-state index in [-0.39, 0.29) is 5.91 Å². The van der Waals surface area contributed by atoms with E-state index in [1.54, 1.807) is 4.90 Å². The minimum Gasteiger partial charge on any atom is -0.493 e. The van der Waals surface area contributed by atoms with E-state index in [4.69, 9.17) is 9.47 Å². The first-order valence-corrected chi connectivity index (χ1v) is 8.89. The molecule has 130 valence electrons. The maximum Gasteiger partial charge on any atom is 0.253 e. The number of ether oxygens (including phenoxy) is 2. The van der Waals surface area contributed by atoms with E-state index in [0.29, 0.717) is 6.54 Å². The first-order chi connectivity index (χ1) is 12.1. The minimum absolute atomic E-state index is 0.0690. The average molecular weight is 337 g/mol. The van der Waals surface area contributed by atoms with Gasteiger partial charge in [0.2, 0.25) is 0 Å². The van der Waals surface area contributed by atoms with Gasteiger partial charge in [-0.2, -0.15) is 0 Å². The molecule has 0 N–H and O–H groups in total. The third-order valence-corrected chi connectivity index (χ3v) is 5.18. The molecule has 25 heavy (non-hydrogen) atoms. The van der Waals surface area contributed by atoms with Gasteiger partial charge in [0.25, 0.3) is 5.91 Å². The number of rotatable bonds is 4. The topological polar surface area (TPSA) is 38.8 Å². The number of hydrogen-bond acceptors (Lipinski definition) is 3. The van der Waals surface area contributed by atoms with Crippen LogP contribution in [0.1, 0.15) is 32.6 Å². The smallest absolute Gasteiger partial charge is 0.253 e. The van der Waals surface area contributed by atoms with Crippen molar-refractivity contribution in [2.45, 2.75) is 26.2 Å². The van der Waals surface area contributed by atoms with Crippen molar-refractivity contribution < 1.29 is 14.3 Å². The van der Waals surface area contributed by atoms with Crippen molar-refractivity contribution in [1.29, 1.82) is 0 Å². The van der Waals surface area contributed by atoms with Crippen molar-refractivity contribution in [2.24, 2.45) is 0 Å². The summed E-state index contributed by atoms with van der Waals surface area (Å²) in [6.07, 6.45) is 2.66. The largest absolute Gasteiger partial charge is 0.493 e. The molecule has 0 unspecified atom stereocenters. The van der Waals surface area contributed by atoms with Crippen LogP contribution >= 0.6 is 0 Å². The summed E-state index contributed by atoms with van der Waals surface area (Å²) in [6.45, 7) is 4.12. The van der Waals surface area contributed by atoms with Crippen LogP contribution in [0.15, 0.2) is 30.3 Å². The van der Waals surface area contributed by atoms with E-state index in [2.05, 4.69) is 6.07 Å². The van der Waals surface area contributed by atoms with E-state index in [1.165, 1.54) is 16.7 Å². The Hall–Kier alpha value is -2.49. The zero-order chi connectivity index (χ0) is 17.4. The van der Waals surface area contributed by atoms with Gasteiger partial charge in [-0.3, -0.25) is 4.79 Å². The van der Waals surface area contributed by atoms with Crippen molar-refractivity contribution >= 4 is 5.91 Å². The Morgan fingerprint density at radius 2 is 1.96 bits per heavy atom. The van der Waals surface area contributed by atoms with Crippen LogP contribution in [0.2, 0.25) is 0 Å². The molecule has 4 rings (SSSR count). The van der Waals surface area contributed by atoms with E-state index in [0.717, 1.165) is 55.1 Å². The second-order valence-electron chi connectivity index (χ2n) is 6.81. The Morgan fingerprint density at radius 1 is 1.16 bits per heavy atom. The summed E-state index contributed by atoms with van der Waals surface area (Å²) in [5.41, 5.74) is 5.51. The SMILES string of the molecule is Cc1ccccc1C(=O)N(C)CCc1c2c(cc3c1OCC3)OCC2. The maximum absolute atomic E-state index is 12.7. The number of amides is 1. The standard InChI is InChI=1S/C21H23NO3/c1-14-5-3-4-6-16(14)21(23)22(2)10-7-18-17-9-12-24-19(17)13-15-8-11-25-20(15)18/h3-6,13H,7-12H2,1-2H3. The molecule has 0 saturated carbocycles. The van der Waals surface area contributed by atoms with Gasteiger partial charge in [-0.15, -0.1) is 0 Å². The fraction of sp³-hybridized carbons (Fsp3) is 0.381. The lowest BCUT2D eigenvalue weighted by molar-refractivity contribution is 0.0795. The lowest BCUT2D eigenvalue weighted by atomic mass is 9.97. The van der Waals surface area contributed by atoms with Gasteiger partial charge < -0.3 is 14.4 Å². The minimum atomic E-state index is 0.0690. The molecule has 2 aromatic carbocycles. The molecule has 0 radical (unpaired) electrons. The van der Waals surface area contributed by atoms with E-state index >= 15 is 0 Å². The third kappa shape index (κ3) is 2.86. The second-order valence-corrected chi connectivity index (χ2v) is 6.81. The van der Waals surface area contributed by atoms with Crippen LogP contribution in [-0.4, -0.2) is 37.6 Å². The number of fused-ring (bicyclic) bond motifs is 2. The van der Waals surface area contributed by atoms with Crippen LogP contribution in [0.4, 0.5) is 0 Å². The Labute approximate surface area is 148 Å². The van der Waals surface area contributed by atoms with E-state index < -0.39 is 0 Å². The number of likely N-dealkylation sites (N-methyl/N-ethyl adjacent to an activating group) is 1. The normalized spacial score (nSPS) is 14.5. The molecule has 0 fully saturated rings. The Bertz CT molecular complexity index is 796. The summed E-state index contributed by atoms with van der Waals surface area (Å²) in [6, 6.07) is 9.87. The zero-order valence-corrected chi connectivity index (χ0v) is 14.8. The van der Waals surface area contributed by atoms with Gasteiger partial charge in [0.15, 0.2) is 0 Å². The molecule has 2 aliphatic heterocycles. The van der Waals surface area contributed by atoms with Crippen molar-refractivity contribution in [3.63, 3.8) is 0 Å². The van der Waals surface area contributed by atoms with Crippen molar-refractivity contribution in [3.05, 3.63) is 58.1 Å². The monoisotopic (exact) mass is 337 g/mol. The summed E-state index contributed by atoms with van der Waals surface area (Å²) in [5, 5.41) is 0. The molecule has 2 aromatic rings. The van der Waals surface area contributed by atoms with Crippen LogP contribution in [0, 0.1) is 6.92 Å². The Kier molecular flexibility index (Phi) is 4.12. The first kappa shape index (κ1) is 16.0. The summed E-state index contributed by atoms with van der Waals surface area (Å²) < 4.78 is 11.7. The molecule has 4 heteroatoms. The molecule has 0 aromatic heterocycles. The van der Waals surface area contributed by atoms with E-state index in [1.807, 2.05) is 38.2 Å². The quantitative estimate of drug-likeness (QED) is 0.860. The average Bonchev–Trinajstić information content (AvgIpc) is 3.27. The van der Waals surface area contributed by atoms with E-state index in [9.17, 15) is 4.79 Å². The molecule has 2 aliphatic rings. The Balaban J connectivity index is 1.54. The van der Waals surface area contributed by atoms with Gasteiger partial charge in [0.05, 0.1) is 13.2 Å². The highest BCUT2D eigenvalue weighted by Gasteiger charge is 2.26. The highest BCUT2D eigenvalue weighted by molar-refractivity contribution is 5.95. The predicted molar refractivity (Wildman–Crippen MR) is 96.7 cm³/mol. The van der Waals surface area contributed by atoms with Crippen molar-refractivity contribution in [3.8, 4) is 11.5 Å². The van der Waals surface area contributed by atoms with Gasteiger partial charge in [0.1, 0.15) is 11.5 Å². The number of nitrogens with zero attached hydrogens (tertiary/aromatic N) is 1. The molecule has 0 saturated heterocycles. The molecule has 4 nitrogen and oxygen atoms in total. The second kappa shape index (κ2) is 6.43. The van der Waals surface area contributed by atoms with Crippen LogP contribution in [-0.2, 0) is 19.3 Å². The number of carbonyl (C=O) groups is 1. The number of benzene rings is 2. The summed E-state index contributed by atoms with van der Waals surface area (Å²) in [4.78, 5) is 14.5. The Morgan fingerprint density at radius 3 is 2.80 bits per heavy atom. The predicted octanol–water partition coefficient (Wildman–Crippen LogP) is 3.18. The molecule has 0 aliphatic carbocycles. The highest BCUT2D eigenvalue weighted by Crippen LogP contribution is 2.40. The number of aryl methyl sites for hydroxylation is 1. The van der Waals surface area contributed by atoms with Gasteiger partial charge >= 0.3 is 0 Å². The summed E-state index contributed by atoms with van der Waals surface area (Å²) in [5.74, 6) is 2.10. The lowest BCUT2D eigenvalue weighted by Gasteiger charge is -2.20. The molecular weight excluding hydrogens is 314 g/mol. The molecule has 1 amide bonds. The number of carbonyl (C=O) groups excluding carboxylic acids is 1. The van der Waals surface area contributed by atoms with Crippen LogP contribution in [0.3, 0.4) is 0 Å². The van der Waals surface area contributed by atoms with Crippen molar-refractivity contribution in [1.82, 2.24) is 4.90 Å². The molecule has 0 bridgehead atoms. The lowest BCUT2D eigenvalue weighted by Crippen LogP contribution is -2.29. The first-order valence-electron chi connectivity index (χ1n) is 8.89. The van der Waals surface area contributed by atoms with Crippen molar-refractivity contribution in [2.75, 3.05) is 26.8 Å². The fourth-order valence-corrected chi connectivity index (χ4v) is 3.75. The van der Waals surface area contributed by atoms with Gasteiger partial charge in [0, 0.05) is 48.7 Å². The number of hydrogen-bond donors (Lipinski definition) is 0. The molecule has 0 atom stereocenters. The van der Waals surface area contributed by atoms with Crippen LogP contribution < -0.4 is 9.47 Å². The molecular formula is C21H23NO3. The maximum atomic E-state index is 12.7. The van der Waals surface area contributed by atoms with Gasteiger partial charge in [-0.05, 0) is 31.0 Å². The summed E-state index contributed by atoms with van der Waals surface area (Å²) in [7, 11) is 1.87. The van der Waals surface area contributed by atoms with Gasteiger partial charge in [-0.1, -0.05) is 18.2 Å². The highest BCUT2D eigenvalue weighted by atomic mass is 16.5.